The van der Waals surface area contributed by atoms with Gasteiger partial charge in [0.05, 0.1) is 0 Å². The monoisotopic (exact) mass is 407 g/mol. The Kier molecular flexibility index (Phi) is 4.81. The summed E-state index contributed by atoms with van der Waals surface area (Å²) < 4.78 is 5.29. The van der Waals surface area contributed by atoms with Gasteiger partial charge in [0.1, 0.15) is 5.60 Å². The lowest BCUT2D eigenvalue weighted by molar-refractivity contribution is -0.154. The van der Waals surface area contributed by atoms with E-state index in [-0.39, 0.29) is 24.8 Å². The second-order valence-corrected chi connectivity index (χ2v) is 8.11. The van der Waals surface area contributed by atoms with E-state index in [1.165, 1.54) is 4.90 Å². The summed E-state index contributed by atoms with van der Waals surface area (Å²) in [5.41, 5.74) is 0.909. The van der Waals surface area contributed by atoms with Crippen LogP contribution in [0.15, 0.2) is 30.3 Å². The third-order valence-corrected chi connectivity index (χ3v) is 4.71. The molecular formula is C21H21N5O4. The first kappa shape index (κ1) is 19.7. The number of amides is 2. The van der Waals surface area contributed by atoms with Crippen LogP contribution in [0.1, 0.15) is 54.3 Å². The maximum absolute atomic E-state index is 13.2. The van der Waals surface area contributed by atoms with Crippen LogP contribution in [0.3, 0.4) is 0 Å². The Hall–Kier alpha value is -3.62. The predicted octanol–water partition coefficient (Wildman–Crippen LogP) is 2.74. The number of hydrogen-bond donors (Lipinski definition) is 1. The van der Waals surface area contributed by atoms with Gasteiger partial charge in [-0.3, -0.25) is 19.3 Å². The SMILES string of the molecule is CC(C)(C)OC(=O)CCCN1C(=O)c2cccc3cc(-c4nn[nH]n4)cc(c23)C1=O. The Morgan fingerprint density at radius 2 is 1.90 bits per heavy atom. The fraction of sp³-hybridized carbons (Fsp3) is 0.333. The molecule has 0 saturated carbocycles. The molecule has 2 aromatic carbocycles. The van der Waals surface area contributed by atoms with Gasteiger partial charge in [0.25, 0.3) is 11.8 Å². The number of aromatic amines is 1. The maximum atomic E-state index is 13.2. The number of hydrogen-bond acceptors (Lipinski definition) is 7. The molecule has 1 aliphatic heterocycles. The number of imide groups is 1. The molecule has 0 saturated heterocycles. The van der Waals surface area contributed by atoms with Crippen molar-refractivity contribution in [3.63, 3.8) is 0 Å². The summed E-state index contributed by atoms with van der Waals surface area (Å²) in [4.78, 5) is 39.3. The third-order valence-electron chi connectivity index (χ3n) is 4.71. The molecular weight excluding hydrogens is 386 g/mol. The molecule has 0 aliphatic carbocycles. The van der Waals surface area contributed by atoms with E-state index in [1.807, 2.05) is 12.1 Å². The third kappa shape index (κ3) is 3.66. The fourth-order valence-corrected chi connectivity index (χ4v) is 3.55. The molecule has 0 atom stereocenters. The van der Waals surface area contributed by atoms with Gasteiger partial charge in [0, 0.05) is 35.0 Å². The molecule has 0 fully saturated rings. The van der Waals surface area contributed by atoms with Gasteiger partial charge in [-0.2, -0.15) is 5.21 Å². The molecule has 2 heterocycles. The molecule has 1 aliphatic rings. The van der Waals surface area contributed by atoms with Crippen LogP contribution in [0.4, 0.5) is 0 Å². The van der Waals surface area contributed by atoms with Crippen molar-refractivity contribution in [3.8, 4) is 11.4 Å². The lowest BCUT2D eigenvalue weighted by atomic mass is 9.92. The van der Waals surface area contributed by atoms with Crippen LogP contribution in [-0.4, -0.2) is 55.5 Å². The van der Waals surface area contributed by atoms with E-state index in [0.29, 0.717) is 34.3 Å². The molecule has 0 radical (unpaired) electrons. The van der Waals surface area contributed by atoms with Crippen molar-refractivity contribution in [1.29, 1.82) is 0 Å². The molecule has 9 heteroatoms. The van der Waals surface area contributed by atoms with E-state index >= 15 is 0 Å². The van der Waals surface area contributed by atoms with E-state index in [2.05, 4.69) is 20.6 Å². The van der Waals surface area contributed by atoms with Crippen LogP contribution < -0.4 is 0 Å². The average molecular weight is 407 g/mol. The molecule has 0 unspecified atom stereocenters. The largest absolute Gasteiger partial charge is 0.460 e. The molecule has 4 rings (SSSR count). The second-order valence-electron chi connectivity index (χ2n) is 8.11. The number of carbonyl (C=O) groups is 3. The number of nitrogens with one attached hydrogen (secondary N) is 1. The zero-order valence-corrected chi connectivity index (χ0v) is 16.9. The number of benzene rings is 2. The van der Waals surface area contributed by atoms with Crippen molar-refractivity contribution in [1.82, 2.24) is 25.5 Å². The van der Waals surface area contributed by atoms with Crippen molar-refractivity contribution in [2.24, 2.45) is 0 Å². The first-order chi connectivity index (χ1) is 14.2. The molecule has 1 N–H and O–H groups in total. The number of nitrogens with zero attached hydrogens (tertiary/aromatic N) is 4. The number of tetrazole rings is 1. The molecule has 2 amide bonds. The fourth-order valence-electron chi connectivity index (χ4n) is 3.55. The van der Waals surface area contributed by atoms with Crippen LogP contribution >= 0.6 is 0 Å². The number of H-pyrrole nitrogens is 1. The molecule has 0 spiro atoms. The number of rotatable bonds is 5. The summed E-state index contributed by atoms with van der Waals surface area (Å²) in [5.74, 6) is -0.770. The van der Waals surface area contributed by atoms with E-state index in [1.54, 1.807) is 39.0 Å². The van der Waals surface area contributed by atoms with Crippen LogP contribution in [0.2, 0.25) is 0 Å². The van der Waals surface area contributed by atoms with Gasteiger partial charge in [-0.05, 0) is 56.0 Å². The standard InChI is InChI=1S/C21H21N5O4/c1-21(2,3)30-16(27)8-5-9-26-19(28)14-7-4-6-12-10-13(18-22-24-25-23-18)11-15(17(12)14)20(26)29/h4,6-7,10-11H,5,8-9H2,1-3H3,(H,22,23,24,25). The van der Waals surface area contributed by atoms with Crippen molar-refractivity contribution < 1.29 is 19.1 Å². The van der Waals surface area contributed by atoms with Crippen LogP contribution in [0.25, 0.3) is 22.2 Å². The first-order valence-corrected chi connectivity index (χ1v) is 9.63. The summed E-state index contributed by atoms with van der Waals surface area (Å²) >= 11 is 0. The summed E-state index contributed by atoms with van der Waals surface area (Å²) in [6.07, 6.45) is 0.441. The van der Waals surface area contributed by atoms with Crippen molar-refractivity contribution in [2.75, 3.05) is 6.54 Å². The quantitative estimate of drug-likeness (QED) is 0.510. The highest BCUT2D eigenvalue weighted by atomic mass is 16.6. The van der Waals surface area contributed by atoms with Crippen molar-refractivity contribution in [2.45, 2.75) is 39.2 Å². The number of aromatic nitrogens is 4. The predicted molar refractivity (Wildman–Crippen MR) is 108 cm³/mol. The maximum Gasteiger partial charge on any atom is 0.306 e. The zero-order chi connectivity index (χ0) is 21.5. The van der Waals surface area contributed by atoms with E-state index in [9.17, 15) is 14.4 Å². The summed E-state index contributed by atoms with van der Waals surface area (Å²) in [6, 6.07) is 8.81. The van der Waals surface area contributed by atoms with Gasteiger partial charge >= 0.3 is 5.97 Å². The van der Waals surface area contributed by atoms with Crippen molar-refractivity contribution in [3.05, 3.63) is 41.5 Å². The van der Waals surface area contributed by atoms with Gasteiger partial charge in [0.2, 0.25) is 5.82 Å². The lowest BCUT2D eigenvalue weighted by Gasteiger charge is -2.27. The highest BCUT2D eigenvalue weighted by Crippen LogP contribution is 2.33. The Morgan fingerprint density at radius 3 is 2.60 bits per heavy atom. The highest BCUT2D eigenvalue weighted by Gasteiger charge is 2.33. The summed E-state index contributed by atoms with van der Waals surface area (Å²) in [6.45, 7) is 5.50. The average Bonchev–Trinajstić information content (AvgIpc) is 3.21. The number of ether oxygens (including phenoxy) is 1. The van der Waals surface area contributed by atoms with Gasteiger partial charge < -0.3 is 4.74 Å². The highest BCUT2D eigenvalue weighted by molar-refractivity contribution is 6.26. The molecule has 9 nitrogen and oxygen atoms in total. The lowest BCUT2D eigenvalue weighted by Crippen LogP contribution is -2.41. The Labute approximate surface area is 172 Å². The topological polar surface area (TPSA) is 118 Å². The number of carbonyl (C=O) groups excluding carboxylic acids is 3. The minimum absolute atomic E-state index is 0.119. The van der Waals surface area contributed by atoms with E-state index in [0.717, 1.165) is 5.39 Å². The van der Waals surface area contributed by atoms with Crippen LogP contribution in [0, 0.1) is 0 Å². The van der Waals surface area contributed by atoms with E-state index in [4.69, 9.17) is 4.74 Å². The summed E-state index contributed by atoms with van der Waals surface area (Å²) in [7, 11) is 0. The number of esters is 1. The van der Waals surface area contributed by atoms with Gasteiger partial charge in [-0.25, -0.2) is 0 Å². The first-order valence-electron chi connectivity index (χ1n) is 9.63. The van der Waals surface area contributed by atoms with Gasteiger partial charge in [0.15, 0.2) is 0 Å². The Bertz CT molecular complexity index is 1150. The van der Waals surface area contributed by atoms with E-state index < -0.39 is 11.5 Å². The van der Waals surface area contributed by atoms with Crippen LogP contribution in [-0.2, 0) is 9.53 Å². The molecule has 3 aromatic rings. The van der Waals surface area contributed by atoms with Gasteiger partial charge in [-0.1, -0.05) is 12.1 Å². The zero-order valence-electron chi connectivity index (χ0n) is 16.9. The Balaban J connectivity index is 1.62. The molecule has 154 valence electrons. The van der Waals surface area contributed by atoms with Gasteiger partial charge in [-0.15, -0.1) is 10.2 Å². The molecule has 0 bridgehead atoms. The second kappa shape index (κ2) is 7.33. The van der Waals surface area contributed by atoms with Crippen LogP contribution in [0.5, 0.6) is 0 Å². The normalized spacial score (nSPS) is 13.8. The molecule has 30 heavy (non-hydrogen) atoms. The Morgan fingerprint density at radius 1 is 1.13 bits per heavy atom. The molecule has 1 aromatic heterocycles. The smallest absolute Gasteiger partial charge is 0.306 e. The summed E-state index contributed by atoms with van der Waals surface area (Å²) in [5, 5.41) is 15.3. The van der Waals surface area contributed by atoms with Crippen molar-refractivity contribution >= 4 is 28.6 Å². The minimum Gasteiger partial charge on any atom is -0.460 e. The minimum atomic E-state index is -0.575.